The van der Waals surface area contributed by atoms with Crippen LogP contribution in [0.15, 0.2) is 28.9 Å². The van der Waals surface area contributed by atoms with E-state index in [0.29, 0.717) is 0 Å². The Labute approximate surface area is 90.1 Å². The third-order valence-electron chi connectivity index (χ3n) is 2.78. The monoisotopic (exact) mass is 203 g/mol. The van der Waals surface area contributed by atoms with Gasteiger partial charge in [0.2, 0.25) is 0 Å². The summed E-state index contributed by atoms with van der Waals surface area (Å²) in [6.07, 6.45) is 5.10. The van der Waals surface area contributed by atoms with Crippen molar-refractivity contribution in [3.05, 3.63) is 35.6 Å². The van der Waals surface area contributed by atoms with Crippen molar-refractivity contribution >= 4 is 11.0 Å². The SMILES string of the molecule is Cc1coc2c(CCCCN)cccc12. The van der Waals surface area contributed by atoms with E-state index in [9.17, 15) is 0 Å². The van der Waals surface area contributed by atoms with Crippen molar-refractivity contribution < 1.29 is 4.42 Å². The molecule has 1 aromatic carbocycles. The zero-order valence-electron chi connectivity index (χ0n) is 9.12. The molecular formula is C13H17NO. The molecule has 0 bridgehead atoms. The highest BCUT2D eigenvalue weighted by Gasteiger charge is 2.06. The summed E-state index contributed by atoms with van der Waals surface area (Å²) >= 11 is 0. The first-order valence-corrected chi connectivity index (χ1v) is 5.48. The summed E-state index contributed by atoms with van der Waals surface area (Å²) in [5.41, 5.74) is 9.05. The molecule has 0 unspecified atom stereocenters. The largest absolute Gasteiger partial charge is 0.464 e. The van der Waals surface area contributed by atoms with Gasteiger partial charge in [-0.05, 0) is 43.9 Å². The molecule has 0 atom stereocenters. The van der Waals surface area contributed by atoms with Crippen molar-refractivity contribution in [2.45, 2.75) is 26.2 Å². The molecule has 0 saturated carbocycles. The summed E-state index contributed by atoms with van der Waals surface area (Å²) in [6, 6.07) is 6.35. The number of fused-ring (bicyclic) bond motifs is 1. The summed E-state index contributed by atoms with van der Waals surface area (Å²) < 4.78 is 5.58. The summed E-state index contributed by atoms with van der Waals surface area (Å²) in [4.78, 5) is 0. The van der Waals surface area contributed by atoms with Crippen molar-refractivity contribution in [1.29, 1.82) is 0 Å². The van der Waals surface area contributed by atoms with Gasteiger partial charge in [-0.3, -0.25) is 0 Å². The molecule has 1 aromatic heterocycles. The molecular weight excluding hydrogens is 186 g/mol. The van der Waals surface area contributed by atoms with E-state index in [1.54, 1.807) is 0 Å². The second-order valence-corrected chi connectivity index (χ2v) is 3.96. The molecule has 0 aliphatic heterocycles. The van der Waals surface area contributed by atoms with Gasteiger partial charge < -0.3 is 10.2 Å². The third-order valence-corrected chi connectivity index (χ3v) is 2.78. The number of rotatable bonds is 4. The standard InChI is InChI=1S/C13H17NO/c1-10-9-15-13-11(5-2-3-8-14)6-4-7-12(10)13/h4,6-7,9H,2-3,5,8,14H2,1H3. The molecule has 2 aromatic rings. The minimum Gasteiger partial charge on any atom is -0.464 e. The van der Waals surface area contributed by atoms with Crippen LogP contribution in [0.4, 0.5) is 0 Å². The molecule has 0 saturated heterocycles. The predicted molar refractivity (Wildman–Crippen MR) is 62.9 cm³/mol. The van der Waals surface area contributed by atoms with E-state index in [1.807, 2.05) is 6.26 Å². The Balaban J connectivity index is 2.26. The number of nitrogens with two attached hydrogens (primary N) is 1. The molecule has 2 N–H and O–H groups in total. The molecule has 2 heteroatoms. The zero-order chi connectivity index (χ0) is 10.7. The van der Waals surface area contributed by atoms with E-state index in [1.165, 1.54) is 16.5 Å². The zero-order valence-corrected chi connectivity index (χ0v) is 9.12. The fourth-order valence-electron chi connectivity index (χ4n) is 1.90. The molecule has 0 aliphatic rings. The Kier molecular flexibility index (Phi) is 3.07. The number of hydrogen-bond acceptors (Lipinski definition) is 2. The molecule has 2 rings (SSSR count). The molecule has 0 radical (unpaired) electrons. The van der Waals surface area contributed by atoms with Crippen LogP contribution in [0.5, 0.6) is 0 Å². The first kappa shape index (κ1) is 10.2. The van der Waals surface area contributed by atoms with Crippen molar-refractivity contribution in [2.24, 2.45) is 5.73 Å². The van der Waals surface area contributed by atoms with Crippen LogP contribution >= 0.6 is 0 Å². The van der Waals surface area contributed by atoms with Gasteiger partial charge in [0.15, 0.2) is 0 Å². The number of furan rings is 1. The minimum absolute atomic E-state index is 0.771. The summed E-state index contributed by atoms with van der Waals surface area (Å²) in [6.45, 7) is 2.85. The van der Waals surface area contributed by atoms with Crippen LogP contribution in [-0.4, -0.2) is 6.54 Å². The Morgan fingerprint density at radius 1 is 1.27 bits per heavy atom. The maximum absolute atomic E-state index is 5.58. The van der Waals surface area contributed by atoms with Gasteiger partial charge in [0.05, 0.1) is 6.26 Å². The summed E-state index contributed by atoms with van der Waals surface area (Å²) in [7, 11) is 0. The highest BCUT2D eigenvalue weighted by Crippen LogP contribution is 2.24. The van der Waals surface area contributed by atoms with Gasteiger partial charge in [0.25, 0.3) is 0 Å². The summed E-state index contributed by atoms with van der Waals surface area (Å²) in [5, 5.41) is 1.24. The first-order valence-electron chi connectivity index (χ1n) is 5.48. The molecule has 0 amide bonds. The lowest BCUT2D eigenvalue weighted by molar-refractivity contribution is 0.605. The van der Waals surface area contributed by atoms with E-state index in [2.05, 4.69) is 25.1 Å². The maximum atomic E-state index is 5.58. The van der Waals surface area contributed by atoms with Crippen LogP contribution in [0, 0.1) is 6.92 Å². The maximum Gasteiger partial charge on any atom is 0.137 e. The quantitative estimate of drug-likeness (QED) is 0.776. The molecule has 2 nitrogen and oxygen atoms in total. The van der Waals surface area contributed by atoms with E-state index in [0.717, 1.165) is 31.4 Å². The fraction of sp³-hybridized carbons (Fsp3) is 0.385. The lowest BCUT2D eigenvalue weighted by atomic mass is 10.0. The number of benzene rings is 1. The van der Waals surface area contributed by atoms with Crippen molar-refractivity contribution in [2.75, 3.05) is 6.54 Å². The molecule has 1 heterocycles. The smallest absolute Gasteiger partial charge is 0.137 e. The van der Waals surface area contributed by atoms with Crippen LogP contribution in [0.2, 0.25) is 0 Å². The molecule has 15 heavy (non-hydrogen) atoms. The molecule has 0 fully saturated rings. The topological polar surface area (TPSA) is 39.2 Å². The van der Waals surface area contributed by atoms with E-state index in [-0.39, 0.29) is 0 Å². The Bertz CT molecular complexity index is 445. The lowest BCUT2D eigenvalue weighted by Gasteiger charge is -2.01. The van der Waals surface area contributed by atoms with Crippen molar-refractivity contribution in [3.63, 3.8) is 0 Å². The van der Waals surface area contributed by atoms with Gasteiger partial charge >= 0.3 is 0 Å². The van der Waals surface area contributed by atoms with Crippen LogP contribution in [-0.2, 0) is 6.42 Å². The Hall–Kier alpha value is -1.28. The highest BCUT2D eigenvalue weighted by molar-refractivity contribution is 5.83. The van der Waals surface area contributed by atoms with Crippen LogP contribution in [0.25, 0.3) is 11.0 Å². The fourth-order valence-corrected chi connectivity index (χ4v) is 1.90. The Morgan fingerprint density at radius 3 is 2.93 bits per heavy atom. The van der Waals surface area contributed by atoms with Gasteiger partial charge in [-0.15, -0.1) is 0 Å². The lowest BCUT2D eigenvalue weighted by Crippen LogP contribution is -1.99. The Morgan fingerprint density at radius 2 is 2.13 bits per heavy atom. The highest BCUT2D eigenvalue weighted by atomic mass is 16.3. The second kappa shape index (κ2) is 4.49. The third kappa shape index (κ3) is 2.05. The predicted octanol–water partition coefficient (Wildman–Crippen LogP) is 3.02. The number of unbranched alkanes of at least 4 members (excludes halogenated alkanes) is 1. The van der Waals surface area contributed by atoms with Gasteiger partial charge in [-0.1, -0.05) is 18.2 Å². The van der Waals surface area contributed by atoms with Crippen molar-refractivity contribution in [1.82, 2.24) is 0 Å². The molecule has 0 spiro atoms. The van der Waals surface area contributed by atoms with E-state index >= 15 is 0 Å². The van der Waals surface area contributed by atoms with Crippen LogP contribution in [0.1, 0.15) is 24.0 Å². The van der Waals surface area contributed by atoms with Crippen molar-refractivity contribution in [3.8, 4) is 0 Å². The average molecular weight is 203 g/mol. The average Bonchev–Trinajstić information content (AvgIpc) is 2.62. The number of para-hydroxylation sites is 1. The minimum atomic E-state index is 0.771. The summed E-state index contributed by atoms with van der Waals surface area (Å²) in [5.74, 6) is 0. The number of aryl methyl sites for hydroxylation is 2. The van der Waals surface area contributed by atoms with E-state index in [4.69, 9.17) is 10.2 Å². The van der Waals surface area contributed by atoms with Gasteiger partial charge in [0.1, 0.15) is 5.58 Å². The normalized spacial score (nSPS) is 11.1. The first-order chi connectivity index (χ1) is 7.33. The van der Waals surface area contributed by atoms with Gasteiger partial charge in [0, 0.05) is 5.39 Å². The van der Waals surface area contributed by atoms with E-state index < -0.39 is 0 Å². The second-order valence-electron chi connectivity index (χ2n) is 3.96. The van der Waals surface area contributed by atoms with Gasteiger partial charge in [-0.25, -0.2) is 0 Å². The van der Waals surface area contributed by atoms with Crippen LogP contribution < -0.4 is 5.73 Å². The van der Waals surface area contributed by atoms with Crippen LogP contribution in [0.3, 0.4) is 0 Å². The molecule has 0 aliphatic carbocycles. The number of hydrogen-bond donors (Lipinski definition) is 1. The van der Waals surface area contributed by atoms with Gasteiger partial charge in [-0.2, -0.15) is 0 Å². The molecule has 80 valence electrons.